The van der Waals surface area contributed by atoms with Crippen LogP contribution in [0.1, 0.15) is 17.4 Å². The van der Waals surface area contributed by atoms with Crippen molar-refractivity contribution in [2.75, 3.05) is 0 Å². The number of imidazole rings is 1. The highest BCUT2D eigenvalue weighted by Gasteiger charge is 2.13. The predicted octanol–water partition coefficient (Wildman–Crippen LogP) is -0.987. The van der Waals surface area contributed by atoms with E-state index >= 15 is 0 Å². The number of rotatable bonds is 3. The summed E-state index contributed by atoms with van der Waals surface area (Å²) in [5.74, 6) is -0.975. The van der Waals surface area contributed by atoms with E-state index in [1.165, 1.54) is 19.4 Å². The van der Waals surface area contributed by atoms with Gasteiger partial charge >= 0.3 is 0 Å². The molecule has 13 heavy (non-hydrogen) atoms. The van der Waals surface area contributed by atoms with Crippen LogP contribution in [0.5, 0.6) is 0 Å². The Morgan fingerprint density at radius 2 is 2.38 bits per heavy atom. The van der Waals surface area contributed by atoms with Gasteiger partial charge in [0.15, 0.2) is 0 Å². The van der Waals surface area contributed by atoms with Crippen molar-refractivity contribution in [3.8, 4) is 0 Å². The summed E-state index contributed by atoms with van der Waals surface area (Å²) in [6.45, 7) is 1.51. The van der Waals surface area contributed by atoms with Gasteiger partial charge in [-0.15, -0.1) is 0 Å². The van der Waals surface area contributed by atoms with E-state index in [2.05, 4.69) is 15.3 Å². The van der Waals surface area contributed by atoms with E-state index in [0.29, 0.717) is 5.69 Å². The Kier molecular flexibility index (Phi) is 2.63. The standard InChI is InChI=1S/C7H10N4O2/c1-4(6(8)12)11-7(13)5-2-9-3-10-5/h2-4H,1H3,(H2,8,12)(H,9,10)(H,11,13)/t4-/m0/s1. The van der Waals surface area contributed by atoms with Gasteiger partial charge in [-0.3, -0.25) is 9.59 Å². The number of primary amides is 1. The third-order valence-corrected chi connectivity index (χ3v) is 1.52. The predicted molar refractivity (Wildman–Crippen MR) is 44.7 cm³/mol. The van der Waals surface area contributed by atoms with Crippen molar-refractivity contribution >= 4 is 11.8 Å². The van der Waals surface area contributed by atoms with Crippen LogP contribution in [-0.4, -0.2) is 27.8 Å². The van der Waals surface area contributed by atoms with Crippen molar-refractivity contribution in [2.24, 2.45) is 5.73 Å². The van der Waals surface area contributed by atoms with Gasteiger partial charge in [-0.25, -0.2) is 4.98 Å². The third-order valence-electron chi connectivity index (χ3n) is 1.52. The molecular formula is C7H10N4O2. The average molecular weight is 182 g/mol. The molecule has 2 amide bonds. The van der Waals surface area contributed by atoms with E-state index in [1.54, 1.807) is 0 Å². The lowest BCUT2D eigenvalue weighted by Crippen LogP contribution is -2.42. The van der Waals surface area contributed by atoms with Crippen LogP contribution in [0.4, 0.5) is 0 Å². The number of nitrogens with zero attached hydrogens (tertiary/aromatic N) is 1. The van der Waals surface area contributed by atoms with Crippen LogP contribution in [0.15, 0.2) is 12.5 Å². The summed E-state index contributed by atoms with van der Waals surface area (Å²) >= 11 is 0. The van der Waals surface area contributed by atoms with Crippen LogP contribution in [0.25, 0.3) is 0 Å². The van der Waals surface area contributed by atoms with Crippen molar-refractivity contribution in [1.29, 1.82) is 0 Å². The molecule has 0 spiro atoms. The number of nitrogens with two attached hydrogens (primary N) is 1. The molecule has 0 aromatic carbocycles. The smallest absolute Gasteiger partial charge is 0.269 e. The first kappa shape index (κ1) is 9.24. The Morgan fingerprint density at radius 3 is 2.85 bits per heavy atom. The molecule has 6 heteroatoms. The molecule has 0 unspecified atom stereocenters. The highest BCUT2D eigenvalue weighted by molar-refractivity contribution is 5.95. The zero-order valence-electron chi connectivity index (χ0n) is 7.07. The maximum Gasteiger partial charge on any atom is 0.269 e. The first-order chi connectivity index (χ1) is 6.11. The molecule has 0 aliphatic carbocycles. The summed E-state index contributed by atoms with van der Waals surface area (Å²) in [4.78, 5) is 28.1. The van der Waals surface area contributed by atoms with Crippen LogP contribution >= 0.6 is 0 Å². The minimum Gasteiger partial charge on any atom is -0.368 e. The van der Waals surface area contributed by atoms with E-state index in [4.69, 9.17) is 5.73 Å². The van der Waals surface area contributed by atoms with Crippen molar-refractivity contribution < 1.29 is 9.59 Å². The number of amides is 2. The largest absolute Gasteiger partial charge is 0.368 e. The minimum absolute atomic E-state index is 0.299. The Labute approximate surface area is 74.5 Å². The molecule has 1 atom stereocenters. The third kappa shape index (κ3) is 2.29. The van der Waals surface area contributed by atoms with Gasteiger partial charge in [0.2, 0.25) is 5.91 Å². The average Bonchev–Trinajstić information content (AvgIpc) is 2.55. The van der Waals surface area contributed by atoms with Crippen LogP contribution < -0.4 is 11.1 Å². The first-order valence-electron chi connectivity index (χ1n) is 3.70. The van der Waals surface area contributed by atoms with E-state index in [-0.39, 0.29) is 0 Å². The van der Waals surface area contributed by atoms with Gasteiger partial charge in [0.1, 0.15) is 11.7 Å². The SMILES string of the molecule is C[C@H](NC(=O)c1cnc[nH]1)C(N)=O. The second-order valence-corrected chi connectivity index (χ2v) is 2.56. The number of nitrogens with one attached hydrogen (secondary N) is 2. The second kappa shape index (κ2) is 3.70. The highest BCUT2D eigenvalue weighted by atomic mass is 16.2. The molecule has 0 bridgehead atoms. The molecule has 0 saturated heterocycles. The summed E-state index contributed by atoms with van der Waals surface area (Å²) in [7, 11) is 0. The van der Waals surface area contributed by atoms with Gasteiger partial charge in [0.05, 0.1) is 12.5 Å². The van der Waals surface area contributed by atoms with Gasteiger partial charge in [0, 0.05) is 0 Å². The number of aromatic amines is 1. The maximum atomic E-state index is 11.2. The molecule has 1 rings (SSSR count). The summed E-state index contributed by atoms with van der Waals surface area (Å²) in [5, 5.41) is 2.40. The molecular weight excluding hydrogens is 172 g/mol. The molecule has 70 valence electrons. The van der Waals surface area contributed by atoms with Crippen molar-refractivity contribution in [3.63, 3.8) is 0 Å². The quantitative estimate of drug-likeness (QED) is 0.559. The first-order valence-corrected chi connectivity index (χ1v) is 3.70. The number of carbonyl (C=O) groups is 2. The summed E-state index contributed by atoms with van der Waals surface area (Å²) in [5.41, 5.74) is 5.26. The molecule has 0 fully saturated rings. The fourth-order valence-corrected chi connectivity index (χ4v) is 0.726. The highest BCUT2D eigenvalue weighted by Crippen LogP contribution is 1.91. The zero-order valence-corrected chi connectivity index (χ0v) is 7.07. The number of hydrogen-bond donors (Lipinski definition) is 3. The van der Waals surface area contributed by atoms with Crippen LogP contribution in [0.3, 0.4) is 0 Å². The number of H-pyrrole nitrogens is 1. The Balaban J connectivity index is 2.56. The lowest BCUT2D eigenvalue weighted by Gasteiger charge is -2.07. The molecule has 4 N–H and O–H groups in total. The summed E-state index contributed by atoms with van der Waals surface area (Å²) in [6.07, 6.45) is 2.74. The van der Waals surface area contributed by atoms with Crippen LogP contribution in [0, 0.1) is 0 Å². The van der Waals surface area contributed by atoms with Crippen molar-refractivity contribution in [3.05, 3.63) is 18.2 Å². The molecule has 6 nitrogen and oxygen atoms in total. The van der Waals surface area contributed by atoms with Gasteiger partial charge in [-0.2, -0.15) is 0 Å². The van der Waals surface area contributed by atoms with Gasteiger partial charge in [0.25, 0.3) is 5.91 Å². The van der Waals surface area contributed by atoms with E-state index in [0.717, 1.165) is 0 Å². The fraction of sp³-hybridized carbons (Fsp3) is 0.286. The number of hydrogen-bond acceptors (Lipinski definition) is 3. The van der Waals surface area contributed by atoms with Crippen LogP contribution in [-0.2, 0) is 4.79 Å². The maximum absolute atomic E-state index is 11.2. The number of carbonyl (C=O) groups excluding carboxylic acids is 2. The monoisotopic (exact) mass is 182 g/mol. The van der Waals surface area contributed by atoms with Gasteiger partial charge in [-0.05, 0) is 6.92 Å². The number of aromatic nitrogens is 2. The molecule has 1 aromatic rings. The van der Waals surface area contributed by atoms with Crippen molar-refractivity contribution in [1.82, 2.24) is 15.3 Å². The zero-order chi connectivity index (χ0) is 9.84. The van der Waals surface area contributed by atoms with E-state index in [1.807, 2.05) is 0 Å². The second-order valence-electron chi connectivity index (χ2n) is 2.56. The normalized spacial score (nSPS) is 12.1. The molecule has 0 radical (unpaired) electrons. The Bertz CT molecular complexity index is 306. The molecule has 0 aliphatic rings. The molecule has 0 saturated carbocycles. The Morgan fingerprint density at radius 1 is 1.69 bits per heavy atom. The van der Waals surface area contributed by atoms with E-state index < -0.39 is 17.9 Å². The van der Waals surface area contributed by atoms with Gasteiger partial charge < -0.3 is 16.0 Å². The van der Waals surface area contributed by atoms with Crippen LogP contribution in [0.2, 0.25) is 0 Å². The summed E-state index contributed by atoms with van der Waals surface area (Å²) < 4.78 is 0. The lowest BCUT2D eigenvalue weighted by atomic mass is 10.3. The fourth-order valence-electron chi connectivity index (χ4n) is 0.726. The Hall–Kier alpha value is -1.85. The topological polar surface area (TPSA) is 101 Å². The lowest BCUT2D eigenvalue weighted by molar-refractivity contribution is -0.119. The molecule has 1 heterocycles. The van der Waals surface area contributed by atoms with Crippen molar-refractivity contribution in [2.45, 2.75) is 13.0 Å². The summed E-state index contributed by atoms with van der Waals surface area (Å²) in [6, 6.07) is -0.684. The molecule has 1 aromatic heterocycles. The minimum atomic E-state index is -0.684. The van der Waals surface area contributed by atoms with E-state index in [9.17, 15) is 9.59 Å². The van der Waals surface area contributed by atoms with Gasteiger partial charge in [-0.1, -0.05) is 0 Å². The molecule has 0 aliphatic heterocycles.